The van der Waals surface area contributed by atoms with Gasteiger partial charge in [0.2, 0.25) is 0 Å². The highest BCUT2D eigenvalue weighted by Crippen LogP contribution is 2.25. The summed E-state index contributed by atoms with van der Waals surface area (Å²) in [6, 6.07) is 1.62. The normalized spacial score (nSPS) is 18.0. The maximum absolute atomic E-state index is 3.65. The van der Waals surface area contributed by atoms with E-state index in [1.54, 1.807) is 0 Å². The molecular formula is C14H30N2. The summed E-state index contributed by atoms with van der Waals surface area (Å²) in [5, 5.41) is 3.65. The zero-order chi connectivity index (χ0) is 11.8. The van der Waals surface area contributed by atoms with Crippen molar-refractivity contribution in [2.45, 2.75) is 71.4 Å². The summed E-state index contributed by atoms with van der Waals surface area (Å²) in [5.74, 6) is 0. The van der Waals surface area contributed by atoms with Crippen molar-refractivity contribution in [1.29, 1.82) is 0 Å². The fourth-order valence-corrected chi connectivity index (χ4v) is 2.30. The molecule has 1 saturated carbocycles. The Morgan fingerprint density at radius 1 is 1.25 bits per heavy atom. The monoisotopic (exact) mass is 226 g/mol. The summed E-state index contributed by atoms with van der Waals surface area (Å²) in [5.41, 5.74) is 0. The second-order valence-electron chi connectivity index (χ2n) is 5.21. The van der Waals surface area contributed by atoms with Crippen LogP contribution in [0.3, 0.4) is 0 Å². The van der Waals surface area contributed by atoms with Gasteiger partial charge in [-0.15, -0.1) is 0 Å². The lowest BCUT2D eigenvalue weighted by atomic mass is 10.1. The van der Waals surface area contributed by atoms with Crippen LogP contribution in [0.25, 0.3) is 0 Å². The molecule has 1 unspecified atom stereocenters. The van der Waals surface area contributed by atoms with Crippen molar-refractivity contribution < 1.29 is 0 Å². The molecule has 0 saturated heterocycles. The smallest absolute Gasteiger partial charge is 0.0110 e. The van der Waals surface area contributed by atoms with E-state index in [0.29, 0.717) is 6.04 Å². The molecule has 0 aliphatic heterocycles. The summed E-state index contributed by atoms with van der Waals surface area (Å²) >= 11 is 0. The molecule has 0 aromatic carbocycles. The first-order valence-corrected chi connectivity index (χ1v) is 7.25. The van der Waals surface area contributed by atoms with Gasteiger partial charge in [-0.05, 0) is 32.7 Å². The zero-order valence-corrected chi connectivity index (χ0v) is 11.5. The van der Waals surface area contributed by atoms with Gasteiger partial charge in [0.1, 0.15) is 0 Å². The lowest BCUT2D eigenvalue weighted by molar-refractivity contribution is 0.272. The Bertz CT molecular complexity index is 166. The molecule has 1 fully saturated rings. The maximum Gasteiger partial charge on any atom is 0.0110 e. The average molecular weight is 226 g/mol. The predicted octanol–water partition coefficient (Wildman–Crippen LogP) is 3.03. The first-order valence-electron chi connectivity index (χ1n) is 7.25. The molecular weight excluding hydrogens is 196 g/mol. The molecule has 2 nitrogen and oxygen atoms in total. The van der Waals surface area contributed by atoms with Crippen molar-refractivity contribution >= 4 is 0 Å². The minimum Gasteiger partial charge on any atom is -0.313 e. The highest BCUT2D eigenvalue weighted by atomic mass is 15.2. The van der Waals surface area contributed by atoms with Crippen LogP contribution in [0.2, 0.25) is 0 Å². The predicted molar refractivity (Wildman–Crippen MR) is 71.9 cm³/mol. The van der Waals surface area contributed by atoms with Crippen LogP contribution >= 0.6 is 0 Å². The standard InChI is InChI=1S/C14H30N2/c1-4-6-7-8-13(3)15-11-12-16(5-2)14-9-10-14/h13-15H,4-12H2,1-3H3. The van der Waals surface area contributed by atoms with Crippen molar-refractivity contribution in [3.63, 3.8) is 0 Å². The van der Waals surface area contributed by atoms with E-state index in [1.165, 1.54) is 51.6 Å². The number of hydrogen-bond acceptors (Lipinski definition) is 2. The van der Waals surface area contributed by atoms with E-state index in [2.05, 4.69) is 31.0 Å². The van der Waals surface area contributed by atoms with Gasteiger partial charge in [-0.3, -0.25) is 4.90 Å². The van der Waals surface area contributed by atoms with Gasteiger partial charge in [0.05, 0.1) is 0 Å². The molecule has 1 aliphatic carbocycles. The van der Waals surface area contributed by atoms with Gasteiger partial charge in [0.15, 0.2) is 0 Å². The van der Waals surface area contributed by atoms with Gasteiger partial charge in [-0.1, -0.05) is 33.1 Å². The van der Waals surface area contributed by atoms with Crippen molar-refractivity contribution in [3.05, 3.63) is 0 Å². The van der Waals surface area contributed by atoms with Gasteiger partial charge in [0.25, 0.3) is 0 Å². The van der Waals surface area contributed by atoms with Gasteiger partial charge in [-0.2, -0.15) is 0 Å². The first kappa shape index (κ1) is 14.0. The molecule has 0 heterocycles. The van der Waals surface area contributed by atoms with E-state index < -0.39 is 0 Å². The highest BCUT2D eigenvalue weighted by molar-refractivity contribution is 4.84. The van der Waals surface area contributed by atoms with Crippen LogP contribution in [0, 0.1) is 0 Å². The molecule has 2 heteroatoms. The van der Waals surface area contributed by atoms with Gasteiger partial charge < -0.3 is 5.32 Å². The summed E-state index contributed by atoms with van der Waals surface area (Å²) in [4.78, 5) is 2.62. The van der Waals surface area contributed by atoms with Crippen molar-refractivity contribution in [3.8, 4) is 0 Å². The Hall–Kier alpha value is -0.0800. The van der Waals surface area contributed by atoms with Crippen molar-refractivity contribution in [2.24, 2.45) is 0 Å². The van der Waals surface area contributed by atoms with E-state index in [-0.39, 0.29) is 0 Å². The van der Waals surface area contributed by atoms with E-state index in [9.17, 15) is 0 Å². The molecule has 0 spiro atoms. The molecule has 1 aliphatic rings. The molecule has 0 radical (unpaired) electrons. The van der Waals surface area contributed by atoms with Crippen LogP contribution in [0.15, 0.2) is 0 Å². The molecule has 96 valence electrons. The SMILES string of the molecule is CCCCCC(C)NCCN(CC)C1CC1. The third-order valence-corrected chi connectivity index (χ3v) is 3.60. The average Bonchev–Trinajstić information content (AvgIpc) is 3.09. The molecule has 1 rings (SSSR count). The van der Waals surface area contributed by atoms with E-state index in [4.69, 9.17) is 0 Å². The molecule has 0 amide bonds. The topological polar surface area (TPSA) is 15.3 Å². The number of nitrogens with zero attached hydrogens (tertiary/aromatic N) is 1. The Balaban J connectivity index is 1.96. The lowest BCUT2D eigenvalue weighted by Crippen LogP contribution is -2.37. The molecule has 0 aromatic rings. The summed E-state index contributed by atoms with van der Waals surface area (Å²) < 4.78 is 0. The van der Waals surface area contributed by atoms with E-state index in [1.807, 2.05) is 0 Å². The highest BCUT2D eigenvalue weighted by Gasteiger charge is 2.27. The van der Waals surface area contributed by atoms with Gasteiger partial charge >= 0.3 is 0 Å². The quantitative estimate of drug-likeness (QED) is 0.576. The minimum absolute atomic E-state index is 0.699. The third kappa shape index (κ3) is 5.86. The van der Waals surface area contributed by atoms with Crippen LogP contribution in [0.5, 0.6) is 0 Å². The van der Waals surface area contributed by atoms with Crippen LogP contribution in [-0.2, 0) is 0 Å². The molecule has 0 aromatic heterocycles. The van der Waals surface area contributed by atoms with E-state index >= 15 is 0 Å². The largest absolute Gasteiger partial charge is 0.313 e. The Morgan fingerprint density at radius 3 is 2.56 bits per heavy atom. The number of nitrogens with one attached hydrogen (secondary N) is 1. The number of likely N-dealkylation sites (N-methyl/N-ethyl adjacent to an activating group) is 1. The minimum atomic E-state index is 0.699. The number of unbranched alkanes of at least 4 members (excludes halogenated alkanes) is 2. The van der Waals surface area contributed by atoms with Gasteiger partial charge in [-0.25, -0.2) is 0 Å². The Kier molecular flexibility index (Phi) is 7.06. The van der Waals surface area contributed by atoms with Crippen molar-refractivity contribution in [2.75, 3.05) is 19.6 Å². The molecule has 0 bridgehead atoms. The molecule has 16 heavy (non-hydrogen) atoms. The molecule has 1 atom stereocenters. The summed E-state index contributed by atoms with van der Waals surface area (Å²) in [7, 11) is 0. The Labute approximate surface area is 102 Å². The van der Waals surface area contributed by atoms with Crippen molar-refractivity contribution in [1.82, 2.24) is 10.2 Å². The lowest BCUT2D eigenvalue weighted by Gasteiger charge is -2.21. The van der Waals surface area contributed by atoms with Crippen LogP contribution in [0.1, 0.15) is 59.3 Å². The van der Waals surface area contributed by atoms with Gasteiger partial charge in [0, 0.05) is 25.2 Å². The summed E-state index contributed by atoms with van der Waals surface area (Å²) in [6.07, 6.45) is 8.29. The Morgan fingerprint density at radius 2 is 2.00 bits per heavy atom. The van der Waals surface area contributed by atoms with Crippen LogP contribution in [-0.4, -0.2) is 36.6 Å². The van der Waals surface area contributed by atoms with Crippen LogP contribution in [0.4, 0.5) is 0 Å². The second-order valence-corrected chi connectivity index (χ2v) is 5.21. The third-order valence-electron chi connectivity index (χ3n) is 3.60. The second kappa shape index (κ2) is 8.08. The zero-order valence-electron chi connectivity index (χ0n) is 11.5. The number of rotatable bonds is 10. The number of hydrogen-bond donors (Lipinski definition) is 1. The summed E-state index contributed by atoms with van der Waals surface area (Å²) in [6.45, 7) is 10.5. The van der Waals surface area contributed by atoms with E-state index in [0.717, 1.165) is 12.6 Å². The van der Waals surface area contributed by atoms with Crippen LogP contribution < -0.4 is 5.32 Å². The first-order chi connectivity index (χ1) is 7.77. The molecule has 1 N–H and O–H groups in total. The fourth-order valence-electron chi connectivity index (χ4n) is 2.30. The maximum atomic E-state index is 3.65. The fraction of sp³-hybridized carbons (Fsp3) is 1.00.